The zero-order chi connectivity index (χ0) is 18.3. The van der Waals surface area contributed by atoms with Crippen molar-refractivity contribution in [2.45, 2.75) is 0 Å². The van der Waals surface area contributed by atoms with E-state index in [0.717, 1.165) is 0 Å². The number of esters is 2. The van der Waals surface area contributed by atoms with Crippen molar-refractivity contribution in [1.29, 1.82) is 0 Å². The Labute approximate surface area is 123 Å². The Morgan fingerprint density at radius 2 is 1.30 bits per heavy atom. The fourth-order valence-electron chi connectivity index (χ4n) is 1.20. The number of hydrogen-bond acceptors (Lipinski definition) is 6. The number of carbonyl (C=O) groups excluding carboxylic acids is 2. The number of carbonyl (C=O) groups is 2. The Balaban J connectivity index is 3.28. The summed E-state index contributed by atoms with van der Waals surface area (Å²) in [5.74, 6) is -2.12. The number of methoxy groups -OCH3 is 2. The second kappa shape index (κ2) is 9.06. The van der Waals surface area contributed by atoms with Crippen LogP contribution in [0.15, 0.2) is 24.2 Å². The summed E-state index contributed by atoms with van der Waals surface area (Å²) in [6.07, 6.45) is 0. The smallest absolute Gasteiger partial charge is 0.339 e. The van der Waals surface area contributed by atoms with Gasteiger partial charge in [-0.2, -0.15) is 0 Å². The van der Waals surface area contributed by atoms with Crippen LogP contribution < -0.4 is 0 Å². The summed E-state index contributed by atoms with van der Waals surface area (Å²) in [6, 6.07) is -2.63. The van der Waals surface area contributed by atoms with Gasteiger partial charge in [-0.25, -0.2) is 9.59 Å². The Bertz CT molecular complexity index is 567. The number of ether oxygens (including phenoxy) is 4. The van der Waals surface area contributed by atoms with Gasteiger partial charge in [0, 0.05) is 14.2 Å². The molecule has 110 valence electrons. The lowest BCUT2D eigenvalue weighted by molar-refractivity contribution is 0.0345. The van der Waals surface area contributed by atoms with Crippen molar-refractivity contribution in [3.05, 3.63) is 35.3 Å². The summed E-state index contributed by atoms with van der Waals surface area (Å²) in [5.41, 5.74) is -1.14. The molecule has 20 heavy (non-hydrogen) atoms. The molecule has 0 aliphatic heterocycles. The summed E-state index contributed by atoms with van der Waals surface area (Å²) in [6.45, 7) is -0.0537. The van der Waals surface area contributed by atoms with E-state index in [4.69, 9.17) is 24.4 Å². The van der Waals surface area contributed by atoms with Gasteiger partial charge in [-0.05, 0) is 12.1 Å². The molecule has 1 aromatic rings. The lowest BCUT2D eigenvalue weighted by Gasteiger charge is -2.09. The zero-order valence-electron chi connectivity index (χ0n) is 15.3. The highest BCUT2D eigenvalue weighted by atomic mass is 16.6. The molecule has 0 saturated carbocycles. The SMILES string of the molecule is [2H]c1c([2H])c([2H])c(C(=O)OCCOC)c(C(=O)OCCOC)c1[2H]. The fourth-order valence-corrected chi connectivity index (χ4v) is 1.20. The largest absolute Gasteiger partial charge is 0.460 e. The van der Waals surface area contributed by atoms with Gasteiger partial charge in [-0.1, -0.05) is 12.1 Å². The molecule has 1 aromatic carbocycles. The molecule has 0 bridgehead atoms. The van der Waals surface area contributed by atoms with Gasteiger partial charge in [0.15, 0.2) is 0 Å². The van der Waals surface area contributed by atoms with E-state index in [2.05, 4.69) is 0 Å². The van der Waals surface area contributed by atoms with Crippen molar-refractivity contribution >= 4 is 11.9 Å². The molecule has 0 N–H and O–H groups in total. The summed E-state index contributed by atoms with van der Waals surface area (Å²) in [4.78, 5) is 24.3. The van der Waals surface area contributed by atoms with Crippen LogP contribution in [0, 0.1) is 0 Å². The van der Waals surface area contributed by atoms with Gasteiger partial charge < -0.3 is 18.9 Å². The number of benzene rings is 1. The minimum atomic E-state index is -1.06. The molecule has 0 spiro atoms. The second-order valence-electron chi connectivity index (χ2n) is 3.51. The van der Waals surface area contributed by atoms with Gasteiger partial charge >= 0.3 is 11.9 Å². The molecule has 0 aliphatic rings. The van der Waals surface area contributed by atoms with Crippen LogP contribution in [0.1, 0.15) is 26.2 Å². The van der Waals surface area contributed by atoms with Crippen LogP contribution >= 0.6 is 0 Å². The molecule has 1 rings (SSSR count). The average molecular weight is 286 g/mol. The van der Waals surface area contributed by atoms with Gasteiger partial charge in [0.05, 0.1) is 29.8 Å². The average Bonchev–Trinajstić information content (AvgIpc) is 2.56. The molecule has 6 nitrogen and oxygen atoms in total. The third kappa shape index (κ3) is 4.99. The third-order valence-electron chi connectivity index (χ3n) is 2.14. The molecular weight excluding hydrogens is 264 g/mol. The predicted octanol–water partition coefficient (Wildman–Crippen LogP) is 1.29. The Morgan fingerprint density at radius 1 is 0.900 bits per heavy atom. The maximum absolute atomic E-state index is 12.2. The Morgan fingerprint density at radius 3 is 1.65 bits per heavy atom. The van der Waals surface area contributed by atoms with Crippen molar-refractivity contribution in [3.63, 3.8) is 0 Å². The lowest BCUT2D eigenvalue weighted by Crippen LogP contribution is -2.17. The van der Waals surface area contributed by atoms with Crippen LogP contribution in [0.5, 0.6) is 0 Å². The van der Waals surface area contributed by atoms with E-state index in [1.54, 1.807) is 0 Å². The van der Waals surface area contributed by atoms with Gasteiger partial charge in [-0.3, -0.25) is 0 Å². The van der Waals surface area contributed by atoms with Crippen LogP contribution in [0.4, 0.5) is 0 Å². The first-order valence-electron chi connectivity index (χ1n) is 7.79. The minimum absolute atomic E-state index is 0.102. The highest BCUT2D eigenvalue weighted by molar-refractivity contribution is 6.03. The van der Waals surface area contributed by atoms with Crippen molar-refractivity contribution in [3.8, 4) is 0 Å². The van der Waals surface area contributed by atoms with Crippen molar-refractivity contribution in [1.82, 2.24) is 0 Å². The second-order valence-corrected chi connectivity index (χ2v) is 3.51. The lowest BCUT2D eigenvalue weighted by atomic mass is 10.1. The molecule has 0 saturated heterocycles. The molecule has 0 unspecified atom stereocenters. The molecule has 0 atom stereocenters. The van der Waals surface area contributed by atoms with E-state index in [1.165, 1.54) is 14.2 Å². The first-order chi connectivity index (χ1) is 11.4. The standard InChI is InChI=1S/C14H18O6/c1-17-7-9-19-13(15)11-5-3-4-6-12(11)14(16)20-10-8-18-2/h3-6H,7-10H2,1-2H3/i3D,4D,5D,6D. The fraction of sp³-hybridized carbons (Fsp3) is 0.429. The van der Waals surface area contributed by atoms with E-state index >= 15 is 0 Å². The van der Waals surface area contributed by atoms with Crippen LogP contribution in [0.25, 0.3) is 0 Å². The third-order valence-corrected chi connectivity index (χ3v) is 2.14. The first kappa shape index (κ1) is 10.8. The van der Waals surface area contributed by atoms with E-state index in [0.29, 0.717) is 0 Å². The van der Waals surface area contributed by atoms with Gasteiger partial charge in [0.1, 0.15) is 13.2 Å². The summed E-state index contributed by atoms with van der Waals surface area (Å²) >= 11 is 0. The molecule has 0 amide bonds. The van der Waals surface area contributed by atoms with E-state index < -0.39 is 47.2 Å². The van der Waals surface area contributed by atoms with Crippen molar-refractivity contribution in [2.24, 2.45) is 0 Å². The molecule has 6 heteroatoms. The van der Waals surface area contributed by atoms with E-state index in [9.17, 15) is 9.59 Å². The minimum Gasteiger partial charge on any atom is -0.460 e. The Kier molecular flexibility index (Phi) is 4.90. The molecule has 0 heterocycles. The maximum atomic E-state index is 12.2. The summed E-state index contributed by atoms with van der Waals surface area (Å²) in [5, 5.41) is 0. The maximum Gasteiger partial charge on any atom is 0.339 e. The quantitative estimate of drug-likeness (QED) is 0.530. The van der Waals surface area contributed by atoms with Crippen LogP contribution in [-0.4, -0.2) is 52.6 Å². The van der Waals surface area contributed by atoms with Gasteiger partial charge in [0.25, 0.3) is 0 Å². The van der Waals surface area contributed by atoms with Gasteiger partial charge in [0.2, 0.25) is 0 Å². The molecule has 0 fully saturated rings. The van der Waals surface area contributed by atoms with Crippen LogP contribution in [0.2, 0.25) is 0 Å². The summed E-state index contributed by atoms with van der Waals surface area (Å²) < 4.78 is 50.2. The van der Waals surface area contributed by atoms with E-state index in [-0.39, 0.29) is 26.4 Å². The number of rotatable bonds is 8. The number of hydrogen-bond donors (Lipinski definition) is 0. The molecule has 0 aromatic heterocycles. The van der Waals surface area contributed by atoms with Gasteiger partial charge in [-0.15, -0.1) is 0 Å². The Hall–Kier alpha value is -1.92. The van der Waals surface area contributed by atoms with Crippen LogP contribution in [0.3, 0.4) is 0 Å². The highest BCUT2D eigenvalue weighted by Crippen LogP contribution is 2.12. The van der Waals surface area contributed by atoms with Crippen LogP contribution in [-0.2, 0) is 18.9 Å². The first-order valence-corrected chi connectivity index (χ1v) is 5.79. The monoisotopic (exact) mass is 286 g/mol. The predicted molar refractivity (Wildman–Crippen MR) is 70.8 cm³/mol. The topological polar surface area (TPSA) is 71.1 Å². The molecule has 0 radical (unpaired) electrons. The zero-order valence-corrected chi connectivity index (χ0v) is 11.3. The van der Waals surface area contributed by atoms with Crippen molar-refractivity contribution < 1.29 is 34.0 Å². The van der Waals surface area contributed by atoms with E-state index in [1.807, 2.05) is 0 Å². The normalized spacial score (nSPS) is 12.9. The molecule has 0 aliphatic carbocycles. The van der Waals surface area contributed by atoms with Crippen molar-refractivity contribution in [2.75, 3.05) is 40.6 Å². The molecular formula is C14H18O6. The highest BCUT2D eigenvalue weighted by Gasteiger charge is 2.18. The summed E-state index contributed by atoms with van der Waals surface area (Å²) in [7, 11) is 2.81.